The average Bonchev–Trinajstić information content (AvgIpc) is 2.73. The molecule has 0 atom stereocenters. The number of anilines is 1. The summed E-state index contributed by atoms with van der Waals surface area (Å²) in [5.41, 5.74) is 1.05. The van der Waals surface area contributed by atoms with Gasteiger partial charge in [-0.1, -0.05) is 30.3 Å². The number of hydrogen-bond acceptors (Lipinski definition) is 4. The topological polar surface area (TPSA) is 66.9 Å². The van der Waals surface area contributed by atoms with Crippen LogP contribution in [0, 0.1) is 6.92 Å². The minimum atomic E-state index is -0.273. The molecule has 0 unspecified atom stereocenters. The Morgan fingerprint density at radius 3 is 2.76 bits per heavy atom. The predicted molar refractivity (Wildman–Crippen MR) is 66.9 cm³/mol. The van der Waals surface area contributed by atoms with Crippen molar-refractivity contribution in [2.24, 2.45) is 0 Å². The third-order valence-electron chi connectivity index (χ3n) is 2.04. The fourth-order valence-electron chi connectivity index (χ4n) is 1.27. The van der Waals surface area contributed by atoms with Crippen molar-refractivity contribution in [3.05, 3.63) is 41.7 Å². The van der Waals surface area contributed by atoms with E-state index in [2.05, 4.69) is 20.0 Å². The molecular weight excluding hydrogens is 236 g/mol. The molecule has 5 nitrogen and oxygen atoms in total. The molecule has 1 aromatic heterocycles. The Bertz CT molecular complexity index is 497. The summed E-state index contributed by atoms with van der Waals surface area (Å²) < 4.78 is 3.98. The van der Waals surface area contributed by atoms with Crippen LogP contribution in [0.25, 0.3) is 0 Å². The van der Waals surface area contributed by atoms with Gasteiger partial charge in [0.05, 0.1) is 0 Å². The van der Waals surface area contributed by atoms with Gasteiger partial charge in [-0.05, 0) is 12.5 Å². The van der Waals surface area contributed by atoms with Crippen molar-refractivity contribution < 1.29 is 4.79 Å². The summed E-state index contributed by atoms with van der Waals surface area (Å²) in [4.78, 5) is 15.6. The standard InChI is InChI=1S/C11H12N4OS/c1-8-13-11(17-15-8)14-10(16)12-7-9-5-3-2-4-6-9/h2-6H,7H2,1H3,(H2,12,13,14,15,16). The van der Waals surface area contributed by atoms with Gasteiger partial charge in [-0.3, -0.25) is 5.32 Å². The molecule has 0 aliphatic carbocycles. The zero-order chi connectivity index (χ0) is 12.1. The molecule has 0 saturated carbocycles. The number of hydrogen-bond donors (Lipinski definition) is 2. The largest absolute Gasteiger partial charge is 0.334 e. The monoisotopic (exact) mass is 248 g/mol. The lowest BCUT2D eigenvalue weighted by Crippen LogP contribution is -2.28. The molecule has 0 fully saturated rings. The highest BCUT2D eigenvalue weighted by Crippen LogP contribution is 2.09. The predicted octanol–water partition coefficient (Wildman–Crippen LogP) is 2.17. The molecule has 88 valence electrons. The van der Waals surface area contributed by atoms with Gasteiger partial charge < -0.3 is 5.32 Å². The van der Waals surface area contributed by atoms with E-state index in [0.29, 0.717) is 17.5 Å². The first-order valence-electron chi connectivity index (χ1n) is 5.13. The number of aromatic nitrogens is 2. The van der Waals surface area contributed by atoms with Gasteiger partial charge >= 0.3 is 6.03 Å². The highest BCUT2D eigenvalue weighted by Gasteiger charge is 2.05. The first kappa shape index (κ1) is 11.5. The molecule has 6 heteroatoms. The summed E-state index contributed by atoms with van der Waals surface area (Å²) in [7, 11) is 0. The van der Waals surface area contributed by atoms with Crippen LogP contribution in [0.1, 0.15) is 11.4 Å². The quantitative estimate of drug-likeness (QED) is 0.874. The van der Waals surface area contributed by atoms with Crippen molar-refractivity contribution >= 4 is 22.7 Å². The van der Waals surface area contributed by atoms with E-state index in [1.54, 1.807) is 6.92 Å². The molecular formula is C11H12N4OS. The van der Waals surface area contributed by atoms with E-state index in [1.807, 2.05) is 30.3 Å². The normalized spacial score (nSPS) is 9.94. The summed E-state index contributed by atoms with van der Waals surface area (Å²) in [6.07, 6.45) is 0. The molecule has 1 heterocycles. The second-order valence-corrected chi connectivity index (χ2v) is 4.19. The molecule has 2 aromatic rings. The molecule has 0 bridgehead atoms. The maximum absolute atomic E-state index is 11.5. The highest BCUT2D eigenvalue weighted by atomic mass is 32.1. The number of rotatable bonds is 3. The van der Waals surface area contributed by atoms with Gasteiger partial charge in [0.15, 0.2) is 0 Å². The zero-order valence-electron chi connectivity index (χ0n) is 9.30. The molecule has 0 aliphatic rings. The lowest BCUT2D eigenvalue weighted by molar-refractivity contribution is 0.251. The summed E-state index contributed by atoms with van der Waals surface area (Å²) in [5.74, 6) is 0.661. The Morgan fingerprint density at radius 2 is 2.12 bits per heavy atom. The van der Waals surface area contributed by atoms with E-state index in [0.717, 1.165) is 5.56 Å². The number of amides is 2. The Balaban J connectivity index is 1.82. The van der Waals surface area contributed by atoms with E-state index < -0.39 is 0 Å². The smallest absolute Gasteiger partial charge is 0.321 e. The van der Waals surface area contributed by atoms with Gasteiger partial charge in [-0.15, -0.1) is 0 Å². The fourth-order valence-corrected chi connectivity index (χ4v) is 1.84. The molecule has 2 amide bonds. The maximum Gasteiger partial charge on any atom is 0.321 e. The number of carbonyl (C=O) groups is 1. The lowest BCUT2D eigenvalue weighted by Gasteiger charge is -2.04. The minimum Gasteiger partial charge on any atom is -0.334 e. The Labute approximate surface area is 103 Å². The Kier molecular flexibility index (Phi) is 3.66. The molecule has 2 N–H and O–H groups in total. The summed E-state index contributed by atoms with van der Waals surface area (Å²) in [6, 6.07) is 9.44. The van der Waals surface area contributed by atoms with Crippen LogP contribution in [0.15, 0.2) is 30.3 Å². The van der Waals surface area contributed by atoms with Crippen molar-refractivity contribution in [2.45, 2.75) is 13.5 Å². The Morgan fingerprint density at radius 1 is 1.35 bits per heavy atom. The molecule has 17 heavy (non-hydrogen) atoms. The molecule has 1 aromatic carbocycles. The molecule has 0 aliphatic heterocycles. The van der Waals surface area contributed by atoms with Crippen LogP contribution in [-0.4, -0.2) is 15.4 Å². The number of aryl methyl sites for hydroxylation is 1. The SMILES string of the molecule is Cc1nsc(NC(=O)NCc2ccccc2)n1. The average molecular weight is 248 g/mol. The fraction of sp³-hybridized carbons (Fsp3) is 0.182. The van der Waals surface area contributed by atoms with Gasteiger partial charge in [0.1, 0.15) is 5.82 Å². The third kappa shape index (κ3) is 3.53. The van der Waals surface area contributed by atoms with E-state index in [-0.39, 0.29) is 6.03 Å². The number of urea groups is 1. The number of benzene rings is 1. The van der Waals surface area contributed by atoms with Gasteiger partial charge in [0.25, 0.3) is 0 Å². The van der Waals surface area contributed by atoms with E-state index in [1.165, 1.54) is 11.5 Å². The van der Waals surface area contributed by atoms with Crippen molar-refractivity contribution in [2.75, 3.05) is 5.32 Å². The van der Waals surface area contributed by atoms with Crippen molar-refractivity contribution in [1.82, 2.24) is 14.7 Å². The highest BCUT2D eigenvalue weighted by molar-refractivity contribution is 7.09. The van der Waals surface area contributed by atoms with Crippen LogP contribution < -0.4 is 10.6 Å². The van der Waals surface area contributed by atoms with Gasteiger partial charge in [-0.25, -0.2) is 9.78 Å². The van der Waals surface area contributed by atoms with Crippen molar-refractivity contribution in [3.63, 3.8) is 0 Å². The molecule has 0 saturated heterocycles. The zero-order valence-corrected chi connectivity index (χ0v) is 10.1. The number of carbonyl (C=O) groups excluding carboxylic acids is 1. The van der Waals surface area contributed by atoms with Gasteiger partial charge in [0.2, 0.25) is 5.13 Å². The molecule has 0 spiro atoms. The van der Waals surface area contributed by atoms with Crippen LogP contribution in [0.4, 0.5) is 9.93 Å². The molecule has 2 rings (SSSR count). The van der Waals surface area contributed by atoms with E-state index in [4.69, 9.17) is 0 Å². The molecule has 0 radical (unpaired) electrons. The van der Waals surface area contributed by atoms with E-state index >= 15 is 0 Å². The Hall–Kier alpha value is -1.95. The summed E-state index contributed by atoms with van der Waals surface area (Å²) in [5, 5.41) is 5.88. The maximum atomic E-state index is 11.5. The number of nitrogens with zero attached hydrogens (tertiary/aromatic N) is 2. The third-order valence-corrected chi connectivity index (χ3v) is 2.77. The number of nitrogens with one attached hydrogen (secondary N) is 2. The minimum absolute atomic E-state index is 0.273. The second-order valence-electron chi connectivity index (χ2n) is 3.44. The lowest BCUT2D eigenvalue weighted by atomic mass is 10.2. The van der Waals surface area contributed by atoms with Crippen LogP contribution in [0.3, 0.4) is 0 Å². The van der Waals surface area contributed by atoms with Gasteiger partial charge in [-0.2, -0.15) is 4.37 Å². The van der Waals surface area contributed by atoms with Gasteiger partial charge in [0, 0.05) is 18.1 Å². The first-order valence-corrected chi connectivity index (χ1v) is 5.90. The first-order chi connectivity index (χ1) is 8.24. The van der Waals surface area contributed by atoms with Crippen molar-refractivity contribution in [3.8, 4) is 0 Å². The van der Waals surface area contributed by atoms with Crippen LogP contribution >= 0.6 is 11.5 Å². The van der Waals surface area contributed by atoms with Crippen molar-refractivity contribution in [1.29, 1.82) is 0 Å². The van der Waals surface area contributed by atoms with Crippen LogP contribution in [-0.2, 0) is 6.54 Å². The summed E-state index contributed by atoms with van der Waals surface area (Å²) >= 11 is 1.17. The van der Waals surface area contributed by atoms with E-state index in [9.17, 15) is 4.79 Å². The van der Waals surface area contributed by atoms with Crippen LogP contribution in [0.2, 0.25) is 0 Å². The second kappa shape index (κ2) is 5.40. The summed E-state index contributed by atoms with van der Waals surface area (Å²) in [6.45, 7) is 2.27. The van der Waals surface area contributed by atoms with Crippen LogP contribution in [0.5, 0.6) is 0 Å².